The number of piperazine rings is 1. The summed E-state index contributed by atoms with van der Waals surface area (Å²) in [7, 11) is 0. The number of nitrogens with one attached hydrogen (secondary N) is 2. The zero-order valence-corrected chi connectivity index (χ0v) is 8.32. The van der Waals surface area contributed by atoms with Gasteiger partial charge in [0.25, 0.3) is 0 Å². The van der Waals surface area contributed by atoms with Crippen molar-refractivity contribution in [3.05, 3.63) is 0 Å². The van der Waals surface area contributed by atoms with Crippen LogP contribution in [0.2, 0.25) is 0 Å². The third-order valence-electron chi connectivity index (χ3n) is 2.01. The minimum Gasteiger partial charge on any atom is -0.465 e. The third kappa shape index (κ3) is 3.12. The maximum absolute atomic E-state index is 11.3. The van der Waals surface area contributed by atoms with Gasteiger partial charge in [-0.3, -0.25) is 9.59 Å². The van der Waals surface area contributed by atoms with Gasteiger partial charge in [0, 0.05) is 25.7 Å². The molecule has 15 heavy (non-hydrogen) atoms. The van der Waals surface area contributed by atoms with Crippen LogP contribution in [0.5, 0.6) is 0 Å². The summed E-state index contributed by atoms with van der Waals surface area (Å²) in [6, 6.07) is -0.0972. The molecule has 0 bridgehead atoms. The molecule has 3 amide bonds. The summed E-state index contributed by atoms with van der Waals surface area (Å²) in [5, 5.41) is 12.9. The molecule has 0 radical (unpaired) electrons. The highest BCUT2D eigenvalue weighted by Gasteiger charge is 2.29. The minimum absolute atomic E-state index is 0.0972. The molecule has 7 nitrogen and oxygen atoms in total. The van der Waals surface area contributed by atoms with Crippen LogP contribution < -0.4 is 10.6 Å². The van der Waals surface area contributed by atoms with Crippen LogP contribution in [0, 0.1) is 0 Å². The van der Waals surface area contributed by atoms with Crippen LogP contribution in [0.3, 0.4) is 0 Å². The van der Waals surface area contributed by atoms with Gasteiger partial charge < -0.3 is 20.6 Å². The number of amides is 3. The summed E-state index contributed by atoms with van der Waals surface area (Å²) in [5.74, 6) is -1.25. The van der Waals surface area contributed by atoms with Gasteiger partial charge in [-0.25, -0.2) is 4.79 Å². The molecule has 84 valence electrons. The number of hydrogen-bond donors (Lipinski definition) is 3. The molecule has 0 saturated carbocycles. The van der Waals surface area contributed by atoms with Crippen LogP contribution in [0.4, 0.5) is 4.79 Å². The van der Waals surface area contributed by atoms with E-state index in [9.17, 15) is 14.4 Å². The fraction of sp³-hybridized carbons (Fsp3) is 0.625. The lowest BCUT2D eigenvalue weighted by molar-refractivity contribution is -0.149. The first-order valence-corrected chi connectivity index (χ1v) is 4.57. The van der Waals surface area contributed by atoms with E-state index in [1.165, 1.54) is 4.90 Å². The van der Waals surface area contributed by atoms with Gasteiger partial charge in [-0.05, 0) is 6.92 Å². The average Bonchev–Trinajstić information content (AvgIpc) is 2.12. The summed E-state index contributed by atoms with van der Waals surface area (Å²) >= 11 is 0. The normalized spacial score (nSPS) is 21.1. The third-order valence-corrected chi connectivity index (χ3v) is 2.01. The Morgan fingerprint density at radius 2 is 2.33 bits per heavy atom. The van der Waals surface area contributed by atoms with E-state index in [4.69, 9.17) is 5.11 Å². The Balaban J connectivity index is 2.42. The molecule has 1 aliphatic rings. The fourth-order valence-corrected chi connectivity index (χ4v) is 1.38. The van der Waals surface area contributed by atoms with Gasteiger partial charge in [-0.1, -0.05) is 0 Å². The molecule has 0 aromatic rings. The molecule has 1 fully saturated rings. The molecular formula is C8H13N3O4. The zero-order chi connectivity index (χ0) is 11.4. The van der Waals surface area contributed by atoms with Gasteiger partial charge in [0.05, 0.1) is 0 Å². The predicted molar refractivity (Wildman–Crippen MR) is 50.2 cm³/mol. The topological polar surface area (TPSA) is 98.7 Å². The Bertz CT molecular complexity index is 292. The van der Waals surface area contributed by atoms with Crippen molar-refractivity contribution in [3.8, 4) is 0 Å². The quantitative estimate of drug-likeness (QED) is 0.504. The van der Waals surface area contributed by atoms with Gasteiger partial charge in [0.2, 0.25) is 0 Å². The van der Waals surface area contributed by atoms with Gasteiger partial charge >= 0.3 is 17.9 Å². The maximum atomic E-state index is 11.3. The van der Waals surface area contributed by atoms with E-state index in [0.29, 0.717) is 6.54 Å². The first-order chi connectivity index (χ1) is 7.00. The van der Waals surface area contributed by atoms with Gasteiger partial charge in [-0.2, -0.15) is 0 Å². The summed E-state index contributed by atoms with van der Waals surface area (Å²) in [4.78, 5) is 33.8. The lowest BCUT2D eigenvalue weighted by Gasteiger charge is -2.30. The van der Waals surface area contributed by atoms with E-state index in [-0.39, 0.29) is 19.1 Å². The fourth-order valence-electron chi connectivity index (χ4n) is 1.38. The molecule has 1 rings (SSSR count). The molecule has 0 aromatic carbocycles. The van der Waals surface area contributed by atoms with E-state index in [1.54, 1.807) is 6.92 Å². The van der Waals surface area contributed by atoms with E-state index in [2.05, 4.69) is 10.6 Å². The summed E-state index contributed by atoms with van der Waals surface area (Å²) in [6.45, 7) is 2.53. The average molecular weight is 215 g/mol. The molecule has 0 spiro atoms. The Labute approximate surface area is 86.4 Å². The van der Waals surface area contributed by atoms with Crippen molar-refractivity contribution < 1.29 is 19.5 Å². The van der Waals surface area contributed by atoms with Crippen molar-refractivity contribution in [2.75, 3.05) is 19.6 Å². The second-order valence-electron chi connectivity index (χ2n) is 3.36. The molecule has 3 N–H and O–H groups in total. The zero-order valence-electron chi connectivity index (χ0n) is 8.32. The number of rotatable bonds is 3. The van der Waals surface area contributed by atoms with Gasteiger partial charge in [0.15, 0.2) is 0 Å². The molecule has 1 heterocycles. The number of carboxylic acid groups (broad SMARTS) is 1. The van der Waals surface area contributed by atoms with E-state index >= 15 is 0 Å². The first kappa shape index (κ1) is 11.3. The second-order valence-corrected chi connectivity index (χ2v) is 3.36. The standard InChI is InChI=1S/C8H13N3O4/c1-5-4-11(3-2-9-8(14)15)7(13)6(12)10-5/h5,9H,2-4H2,1H3,(H,10,12)(H,14,15)/t5-/m0/s1. The summed E-state index contributed by atoms with van der Waals surface area (Å²) in [5.41, 5.74) is 0. The van der Waals surface area contributed by atoms with Crippen molar-refractivity contribution in [1.82, 2.24) is 15.5 Å². The van der Waals surface area contributed by atoms with Crippen LogP contribution in [0.25, 0.3) is 0 Å². The molecule has 0 aliphatic carbocycles. The molecule has 1 saturated heterocycles. The van der Waals surface area contributed by atoms with Crippen LogP contribution in [-0.4, -0.2) is 53.6 Å². The Hall–Kier alpha value is -1.79. The summed E-state index contributed by atoms with van der Waals surface area (Å²) < 4.78 is 0. The number of carbonyl (C=O) groups is 3. The SMILES string of the molecule is C[C@H]1CN(CCNC(=O)O)C(=O)C(=O)N1. The molecule has 7 heteroatoms. The maximum Gasteiger partial charge on any atom is 0.404 e. The monoisotopic (exact) mass is 215 g/mol. The van der Waals surface area contributed by atoms with Crippen molar-refractivity contribution in [3.63, 3.8) is 0 Å². The van der Waals surface area contributed by atoms with Crippen LogP contribution in [0.1, 0.15) is 6.92 Å². The second kappa shape index (κ2) is 4.63. The highest BCUT2D eigenvalue weighted by Crippen LogP contribution is 2.00. The van der Waals surface area contributed by atoms with Crippen molar-refractivity contribution in [2.45, 2.75) is 13.0 Å². The van der Waals surface area contributed by atoms with E-state index < -0.39 is 17.9 Å². The van der Waals surface area contributed by atoms with Gasteiger partial charge in [-0.15, -0.1) is 0 Å². The molecule has 1 atom stereocenters. The number of nitrogens with zero attached hydrogens (tertiary/aromatic N) is 1. The van der Waals surface area contributed by atoms with Crippen molar-refractivity contribution in [2.24, 2.45) is 0 Å². The molecule has 0 unspecified atom stereocenters. The molecular weight excluding hydrogens is 202 g/mol. The Morgan fingerprint density at radius 3 is 2.93 bits per heavy atom. The van der Waals surface area contributed by atoms with Gasteiger partial charge in [0.1, 0.15) is 0 Å². The smallest absolute Gasteiger partial charge is 0.404 e. The minimum atomic E-state index is -1.14. The van der Waals surface area contributed by atoms with Crippen molar-refractivity contribution >= 4 is 17.9 Å². The Morgan fingerprint density at radius 1 is 1.67 bits per heavy atom. The highest BCUT2D eigenvalue weighted by molar-refractivity contribution is 6.35. The lowest BCUT2D eigenvalue weighted by Crippen LogP contribution is -2.57. The largest absolute Gasteiger partial charge is 0.465 e. The van der Waals surface area contributed by atoms with E-state index in [0.717, 1.165) is 0 Å². The Kier molecular flexibility index (Phi) is 3.48. The number of carbonyl (C=O) groups excluding carboxylic acids is 2. The predicted octanol–water partition coefficient (Wildman–Crippen LogP) is -1.40. The van der Waals surface area contributed by atoms with Crippen molar-refractivity contribution in [1.29, 1.82) is 0 Å². The molecule has 1 aliphatic heterocycles. The first-order valence-electron chi connectivity index (χ1n) is 4.57. The molecule has 0 aromatic heterocycles. The van der Waals surface area contributed by atoms with Crippen LogP contribution in [-0.2, 0) is 9.59 Å². The summed E-state index contributed by atoms with van der Waals surface area (Å²) in [6.07, 6.45) is -1.14. The highest BCUT2D eigenvalue weighted by atomic mass is 16.4. The van der Waals surface area contributed by atoms with E-state index in [1.807, 2.05) is 0 Å². The van der Waals surface area contributed by atoms with Crippen LogP contribution >= 0.6 is 0 Å². The van der Waals surface area contributed by atoms with Crippen LogP contribution in [0.15, 0.2) is 0 Å². The lowest BCUT2D eigenvalue weighted by atomic mass is 10.2. The number of hydrogen-bond acceptors (Lipinski definition) is 3.